The fourth-order valence-corrected chi connectivity index (χ4v) is 1.78. The summed E-state index contributed by atoms with van der Waals surface area (Å²) in [5.41, 5.74) is -0.917. The minimum atomic E-state index is -0.917. The van der Waals surface area contributed by atoms with Crippen LogP contribution in [-0.2, 0) is 0 Å². The van der Waals surface area contributed by atoms with Crippen molar-refractivity contribution >= 4 is 0 Å². The second-order valence-corrected chi connectivity index (χ2v) is 3.96. The van der Waals surface area contributed by atoms with E-state index < -0.39 is 5.67 Å². The summed E-state index contributed by atoms with van der Waals surface area (Å²) in [6, 6.07) is 0. The van der Waals surface area contributed by atoms with Crippen molar-refractivity contribution in [3.8, 4) is 0 Å². The largest absolute Gasteiger partial charge is 0.244 e. The van der Waals surface area contributed by atoms with Gasteiger partial charge in [0.2, 0.25) is 0 Å². The highest BCUT2D eigenvalue weighted by Gasteiger charge is 2.46. The van der Waals surface area contributed by atoms with Crippen LogP contribution in [0.5, 0.6) is 0 Å². The molecule has 0 aromatic heterocycles. The third-order valence-corrected chi connectivity index (χ3v) is 2.46. The fraction of sp³-hybridized carbons (Fsp3) is 1.00. The molecule has 1 aliphatic rings. The predicted octanol–water partition coefficient (Wildman–Crippen LogP) is 3.17. The molecule has 2 unspecified atom stereocenters. The lowest BCUT2D eigenvalue weighted by molar-refractivity contribution is 0.173. The minimum absolute atomic E-state index is 0.368. The molecule has 0 aromatic rings. The maximum Gasteiger partial charge on any atom is 0.108 e. The SMILES string of the molecule is CCCC1CC1C(C)(C)F. The number of halogens is 1. The van der Waals surface area contributed by atoms with Gasteiger partial charge in [-0.1, -0.05) is 19.8 Å². The standard InChI is InChI=1S/C9H17F/c1-4-5-7-6-8(7)9(2,3)10/h7-8H,4-6H2,1-3H3. The van der Waals surface area contributed by atoms with E-state index in [1.807, 2.05) is 0 Å². The molecule has 0 bridgehead atoms. The van der Waals surface area contributed by atoms with E-state index in [-0.39, 0.29) is 0 Å². The first-order valence-corrected chi connectivity index (χ1v) is 4.24. The quantitative estimate of drug-likeness (QED) is 0.570. The topological polar surface area (TPSA) is 0 Å². The Bertz CT molecular complexity index is 112. The molecule has 0 nitrogen and oxygen atoms in total. The third-order valence-electron chi connectivity index (χ3n) is 2.46. The second-order valence-electron chi connectivity index (χ2n) is 3.96. The summed E-state index contributed by atoms with van der Waals surface area (Å²) < 4.78 is 13.1. The molecule has 1 aliphatic carbocycles. The Balaban J connectivity index is 2.25. The molecule has 2 atom stereocenters. The van der Waals surface area contributed by atoms with Gasteiger partial charge in [0.05, 0.1) is 0 Å². The molecule has 0 heterocycles. The first kappa shape index (κ1) is 8.03. The van der Waals surface area contributed by atoms with E-state index >= 15 is 0 Å². The summed E-state index contributed by atoms with van der Waals surface area (Å²) in [5, 5.41) is 0. The van der Waals surface area contributed by atoms with Gasteiger partial charge in [0.15, 0.2) is 0 Å². The van der Waals surface area contributed by atoms with Crippen molar-refractivity contribution in [3.63, 3.8) is 0 Å². The van der Waals surface area contributed by atoms with Crippen LogP contribution in [0.25, 0.3) is 0 Å². The zero-order valence-electron chi connectivity index (χ0n) is 7.15. The normalized spacial score (nSPS) is 32.4. The van der Waals surface area contributed by atoms with E-state index in [9.17, 15) is 4.39 Å². The van der Waals surface area contributed by atoms with Crippen LogP contribution in [0, 0.1) is 11.8 Å². The van der Waals surface area contributed by atoms with Crippen LogP contribution in [0.3, 0.4) is 0 Å². The summed E-state index contributed by atoms with van der Waals surface area (Å²) >= 11 is 0. The fourth-order valence-electron chi connectivity index (χ4n) is 1.78. The zero-order chi connectivity index (χ0) is 7.78. The van der Waals surface area contributed by atoms with Gasteiger partial charge < -0.3 is 0 Å². The monoisotopic (exact) mass is 144 g/mol. The Hall–Kier alpha value is -0.0700. The number of hydrogen-bond donors (Lipinski definition) is 0. The highest BCUT2D eigenvalue weighted by Crippen LogP contribution is 2.50. The molecule has 60 valence electrons. The van der Waals surface area contributed by atoms with Crippen LogP contribution in [0.2, 0.25) is 0 Å². The van der Waals surface area contributed by atoms with Crippen molar-refractivity contribution in [1.29, 1.82) is 0 Å². The van der Waals surface area contributed by atoms with Crippen LogP contribution < -0.4 is 0 Å². The summed E-state index contributed by atoms with van der Waals surface area (Å²) in [4.78, 5) is 0. The Labute approximate surface area is 62.8 Å². The maximum atomic E-state index is 13.1. The van der Waals surface area contributed by atoms with Crippen molar-refractivity contribution in [3.05, 3.63) is 0 Å². The van der Waals surface area contributed by atoms with Gasteiger partial charge in [-0.05, 0) is 32.1 Å². The molecule has 0 amide bonds. The van der Waals surface area contributed by atoms with Crippen LogP contribution in [0.4, 0.5) is 4.39 Å². The zero-order valence-corrected chi connectivity index (χ0v) is 7.15. The Morgan fingerprint density at radius 1 is 1.50 bits per heavy atom. The van der Waals surface area contributed by atoms with Gasteiger partial charge in [0.25, 0.3) is 0 Å². The van der Waals surface area contributed by atoms with Crippen molar-refractivity contribution in [2.75, 3.05) is 0 Å². The minimum Gasteiger partial charge on any atom is -0.244 e. The molecule has 0 N–H and O–H groups in total. The summed E-state index contributed by atoms with van der Waals surface area (Å²) in [5.74, 6) is 1.07. The van der Waals surface area contributed by atoms with E-state index in [0.717, 1.165) is 6.42 Å². The number of rotatable bonds is 3. The van der Waals surface area contributed by atoms with E-state index in [1.54, 1.807) is 13.8 Å². The molecule has 0 radical (unpaired) electrons. The average molecular weight is 144 g/mol. The van der Waals surface area contributed by atoms with Crippen molar-refractivity contribution in [2.24, 2.45) is 11.8 Å². The molecule has 0 aromatic carbocycles. The van der Waals surface area contributed by atoms with E-state index in [1.165, 1.54) is 12.8 Å². The number of hydrogen-bond acceptors (Lipinski definition) is 0. The Morgan fingerprint density at radius 2 is 2.10 bits per heavy atom. The molecular weight excluding hydrogens is 127 g/mol. The highest BCUT2D eigenvalue weighted by atomic mass is 19.1. The Kier molecular flexibility index (Phi) is 2.02. The molecule has 0 aliphatic heterocycles. The van der Waals surface area contributed by atoms with Crippen LogP contribution in [-0.4, -0.2) is 5.67 Å². The summed E-state index contributed by atoms with van der Waals surface area (Å²) in [7, 11) is 0. The van der Waals surface area contributed by atoms with E-state index in [0.29, 0.717) is 11.8 Å². The van der Waals surface area contributed by atoms with Gasteiger partial charge in [0, 0.05) is 0 Å². The van der Waals surface area contributed by atoms with Crippen LogP contribution in [0.15, 0.2) is 0 Å². The van der Waals surface area contributed by atoms with Gasteiger partial charge in [-0.2, -0.15) is 0 Å². The van der Waals surface area contributed by atoms with E-state index in [2.05, 4.69) is 6.92 Å². The van der Waals surface area contributed by atoms with Crippen LogP contribution in [0.1, 0.15) is 40.0 Å². The smallest absolute Gasteiger partial charge is 0.108 e. The van der Waals surface area contributed by atoms with E-state index in [4.69, 9.17) is 0 Å². The first-order valence-electron chi connectivity index (χ1n) is 4.24. The molecule has 0 saturated heterocycles. The summed E-state index contributed by atoms with van der Waals surface area (Å²) in [6.07, 6.45) is 3.55. The van der Waals surface area contributed by atoms with Gasteiger partial charge in [0.1, 0.15) is 5.67 Å². The van der Waals surface area contributed by atoms with Gasteiger partial charge in [-0.3, -0.25) is 0 Å². The highest BCUT2D eigenvalue weighted by molar-refractivity contribution is 4.96. The van der Waals surface area contributed by atoms with Crippen molar-refractivity contribution < 1.29 is 4.39 Å². The lowest BCUT2D eigenvalue weighted by atomic mass is 10.0. The maximum absolute atomic E-state index is 13.1. The molecule has 1 saturated carbocycles. The lowest BCUT2D eigenvalue weighted by Crippen LogP contribution is -2.15. The lowest BCUT2D eigenvalue weighted by Gasteiger charge is -2.12. The molecule has 1 fully saturated rings. The first-order chi connectivity index (χ1) is 4.55. The molecular formula is C9H17F. The predicted molar refractivity (Wildman–Crippen MR) is 41.7 cm³/mol. The van der Waals surface area contributed by atoms with Crippen LogP contribution >= 0.6 is 0 Å². The Morgan fingerprint density at radius 3 is 2.40 bits per heavy atom. The van der Waals surface area contributed by atoms with Crippen molar-refractivity contribution in [2.45, 2.75) is 45.7 Å². The molecule has 1 rings (SSSR count). The molecule has 1 heteroatoms. The van der Waals surface area contributed by atoms with Crippen molar-refractivity contribution in [1.82, 2.24) is 0 Å². The number of alkyl halides is 1. The third kappa shape index (κ3) is 1.71. The van der Waals surface area contributed by atoms with Gasteiger partial charge in [-0.15, -0.1) is 0 Å². The summed E-state index contributed by atoms with van der Waals surface area (Å²) in [6.45, 7) is 5.57. The molecule has 0 spiro atoms. The molecule has 10 heavy (non-hydrogen) atoms. The second kappa shape index (κ2) is 2.52. The van der Waals surface area contributed by atoms with Gasteiger partial charge in [-0.25, -0.2) is 4.39 Å². The average Bonchev–Trinajstić information content (AvgIpc) is 2.44. The van der Waals surface area contributed by atoms with Gasteiger partial charge >= 0.3 is 0 Å².